The molecule has 0 saturated carbocycles. The molecule has 0 radical (unpaired) electrons. The van der Waals surface area contributed by atoms with Crippen LogP contribution in [0.3, 0.4) is 0 Å². The van der Waals surface area contributed by atoms with Gasteiger partial charge < -0.3 is 14.2 Å². The summed E-state index contributed by atoms with van der Waals surface area (Å²) in [4.78, 5) is 27.5. The van der Waals surface area contributed by atoms with Crippen molar-refractivity contribution in [3.8, 4) is 0 Å². The summed E-state index contributed by atoms with van der Waals surface area (Å²) in [5.74, 6) is -0.732. The molecule has 0 unspecified atom stereocenters. The number of amides is 1. The first-order valence-corrected chi connectivity index (χ1v) is 11.6. The van der Waals surface area contributed by atoms with E-state index in [9.17, 15) is 23.3 Å². The molecule has 0 aliphatic carbocycles. The van der Waals surface area contributed by atoms with Gasteiger partial charge in [0.1, 0.15) is 5.69 Å². The Hall–Kier alpha value is -3.66. The molecule has 32 heavy (non-hydrogen) atoms. The van der Waals surface area contributed by atoms with E-state index in [0.717, 1.165) is 0 Å². The van der Waals surface area contributed by atoms with Crippen LogP contribution in [0.4, 0.5) is 11.4 Å². The van der Waals surface area contributed by atoms with Gasteiger partial charge in [0.2, 0.25) is 0 Å². The van der Waals surface area contributed by atoms with E-state index >= 15 is 0 Å². The summed E-state index contributed by atoms with van der Waals surface area (Å²) in [7, 11) is -3.63. The Morgan fingerprint density at radius 2 is 1.62 bits per heavy atom. The molecule has 166 valence electrons. The summed E-state index contributed by atoms with van der Waals surface area (Å²) in [5.41, 5.74) is 0.837. The maximum atomic E-state index is 13.0. The number of hydrogen-bond acceptors (Lipinski definition) is 7. The van der Waals surface area contributed by atoms with E-state index in [1.54, 1.807) is 41.3 Å². The summed E-state index contributed by atoms with van der Waals surface area (Å²) >= 11 is 0. The highest BCUT2D eigenvalue weighted by Crippen LogP contribution is 2.29. The molecule has 1 aromatic heterocycles. The second-order valence-corrected chi connectivity index (χ2v) is 9.36. The number of rotatable bonds is 6. The zero-order valence-corrected chi connectivity index (χ0v) is 17.9. The predicted octanol–water partition coefficient (Wildman–Crippen LogP) is 3.12. The number of nitrogens with zero attached hydrogens (tertiary/aromatic N) is 3. The fourth-order valence-electron chi connectivity index (χ4n) is 3.73. The second-order valence-electron chi connectivity index (χ2n) is 7.37. The van der Waals surface area contributed by atoms with Gasteiger partial charge in [-0.2, -0.15) is 0 Å². The Labute approximate surface area is 184 Å². The van der Waals surface area contributed by atoms with Crippen LogP contribution in [0.5, 0.6) is 0 Å². The van der Waals surface area contributed by atoms with Crippen molar-refractivity contribution < 1.29 is 22.6 Å². The minimum Gasteiger partial charge on any atom is -0.459 e. The molecule has 0 N–H and O–H groups in total. The molecule has 0 bridgehead atoms. The van der Waals surface area contributed by atoms with E-state index in [2.05, 4.69) is 0 Å². The average molecular weight is 455 g/mol. The van der Waals surface area contributed by atoms with Gasteiger partial charge in [0.05, 0.1) is 21.8 Å². The monoisotopic (exact) mass is 455 g/mol. The molecule has 3 aromatic rings. The van der Waals surface area contributed by atoms with Gasteiger partial charge in [-0.1, -0.05) is 30.3 Å². The van der Waals surface area contributed by atoms with Crippen molar-refractivity contribution in [3.63, 3.8) is 0 Å². The zero-order valence-electron chi connectivity index (χ0n) is 17.1. The highest BCUT2D eigenvalue weighted by atomic mass is 32.2. The molecule has 1 aliphatic rings. The van der Waals surface area contributed by atoms with E-state index < -0.39 is 20.7 Å². The van der Waals surface area contributed by atoms with Crippen molar-refractivity contribution >= 4 is 27.1 Å². The van der Waals surface area contributed by atoms with Crippen LogP contribution < -0.4 is 4.90 Å². The number of sulfone groups is 1. The van der Waals surface area contributed by atoms with Gasteiger partial charge >= 0.3 is 0 Å². The number of carbonyl (C=O) groups is 1. The molecule has 9 nitrogen and oxygen atoms in total. The summed E-state index contributed by atoms with van der Waals surface area (Å²) < 4.78 is 30.8. The van der Waals surface area contributed by atoms with Crippen molar-refractivity contribution in [1.29, 1.82) is 0 Å². The van der Waals surface area contributed by atoms with Crippen molar-refractivity contribution in [3.05, 3.63) is 88.4 Å². The SMILES string of the molecule is O=C(c1occc1CS(=O)(=O)c1ccccc1)N1CCN(c2ccccc2[N+](=O)[O-])CC1. The van der Waals surface area contributed by atoms with Crippen molar-refractivity contribution in [2.75, 3.05) is 31.1 Å². The smallest absolute Gasteiger partial charge is 0.292 e. The first-order valence-electron chi connectivity index (χ1n) is 9.98. The van der Waals surface area contributed by atoms with Gasteiger partial charge in [0.15, 0.2) is 15.6 Å². The fourth-order valence-corrected chi connectivity index (χ4v) is 5.11. The summed E-state index contributed by atoms with van der Waals surface area (Å²) in [6.45, 7) is 1.48. The van der Waals surface area contributed by atoms with Crippen molar-refractivity contribution in [2.24, 2.45) is 0 Å². The minimum atomic E-state index is -3.63. The van der Waals surface area contributed by atoms with Gasteiger partial charge in [0.25, 0.3) is 11.6 Å². The van der Waals surface area contributed by atoms with Gasteiger partial charge in [-0.25, -0.2) is 8.42 Å². The Kier molecular flexibility index (Phi) is 5.95. The molecular formula is C22H21N3O6S. The third kappa shape index (κ3) is 4.35. The average Bonchev–Trinajstić information content (AvgIpc) is 3.26. The van der Waals surface area contributed by atoms with Crippen LogP contribution in [0.15, 0.2) is 76.2 Å². The highest BCUT2D eigenvalue weighted by Gasteiger charge is 2.29. The lowest BCUT2D eigenvalue weighted by molar-refractivity contribution is -0.384. The lowest BCUT2D eigenvalue weighted by Crippen LogP contribution is -2.49. The number of benzene rings is 2. The van der Waals surface area contributed by atoms with Crippen LogP contribution in [0, 0.1) is 10.1 Å². The van der Waals surface area contributed by atoms with Gasteiger partial charge in [-0.15, -0.1) is 0 Å². The molecule has 4 rings (SSSR count). The van der Waals surface area contributed by atoms with Gasteiger partial charge in [-0.05, 0) is 24.3 Å². The molecule has 1 aliphatic heterocycles. The number of anilines is 1. The number of nitro benzene ring substituents is 1. The number of nitro groups is 1. The Morgan fingerprint density at radius 3 is 2.31 bits per heavy atom. The Morgan fingerprint density at radius 1 is 0.969 bits per heavy atom. The maximum Gasteiger partial charge on any atom is 0.292 e. The molecule has 1 saturated heterocycles. The molecule has 2 aromatic carbocycles. The largest absolute Gasteiger partial charge is 0.459 e. The molecule has 1 fully saturated rings. The first kappa shape index (κ1) is 21.6. The normalized spacial score (nSPS) is 14.4. The summed E-state index contributed by atoms with van der Waals surface area (Å²) in [6, 6.07) is 16.0. The number of para-hydroxylation sites is 2. The van der Waals surface area contributed by atoms with Gasteiger partial charge in [0, 0.05) is 37.8 Å². The number of carbonyl (C=O) groups excluding carboxylic acids is 1. The summed E-state index contributed by atoms with van der Waals surface area (Å²) in [5, 5.41) is 11.3. The van der Waals surface area contributed by atoms with E-state index in [1.807, 2.05) is 4.90 Å². The molecular weight excluding hydrogens is 434 g/mol. The predicted molar refractivity (Wildman–Crippen MR) is 117 cm³/mol. The maximum absolute atomic E-state index is 13.0. The van der Waals surface area contributed by atoms with E-state index in [0.29, 0.717) is 37.4 Å². The minimum absolute atomic E-state index is 0.00338. The third-order valence-electron chi connectivity index (χ3n) is 5.37. The summed E-state index contributed by atoms with van der Waals surface area (Å²) in [6.07, 6.45) is 1.31. The van der Waals surface area contributed by atoms with Crippen molar-refractivity contribution in [1.82, 2.24) is 4.90 Å². The molecule has 1 amide bonds. The number of hydrogen-bond donors (Lipinski definition) is 0. The van der Waals surface area contributed by atoms with E-state index in [4.69, 9.17) is 4.42 Å². The van der Waals surface area contributed by atoms with Crippen LogP contribution in [0.2, 0.25) is 0 Å². The Bertz CT molecular complexity index is 1230. The fraction of sp³-hybridized carbons (Fsp3) is 0.227. The van der Waals surface area contributed by atoms with Crippen molar-refractivity contribution in [2.45, 2.75) is 10.6 Å². The van der Waals surface area contributed by atoms with Crippen LogP contribution in [-0.2, 0) is 15.6 Å². The van der Waals surface area contributed by atoms with Crippen LogP contribution >= 0.6 is 0 Å². The Balaban J connectivity index is 1.46. The van der Waals surface area contributed by atoms with E-state index in [1.165, 1.54) is 30.5 Å². The molecule has 2 heterocycles. The van der Waals surface area contributed by atoms with Crippen LogP contribution in [0.1, 0.15) is 16.1 Å². The second kappa shape index (κ2) is 8.83. The topological polar surface area (TPSA) is 114 Å². The quantitative estimate of drug-likeness (QED) is 0.414. The lowest BCUT2D eigenvalue weighted by Gasteiger charge is -2.35. The third-order valence-corrected chi connectivity index (χ3v) is 7.06. The van der Waals surface area contributed by atoms with Crippen LogP contribution in [-0.4, -0.2) is 50.3 Å². The highest BCUT2D eigenvalue weighted by molar-refractivity contribution is 7.90. The van der Waals surface area contributed by atoms with Gasteiger partial charge in [-0.3, -0.25) is 14.9 Å². The van der Waals surface area contributed by atoms with Crippen LogP contribution in [0.25, 0.3) is 0 Å². The standard InChI is InChI=1S/C22H21N3O6S/c26-22(21-17(10-15-31-21)16-32(29,30)18-6-2-1-3-7-18)24-13-11-23(12-14-24)19-8-4-5-9-20(19)25(27)28/h1-10,15H,11-14,16H2. The molecule has 10 heteroatoms. The lowest BCUT2D eigenvalue weighted by atomic mass is 10.2. The number of furan rings is 1. The van der Waals surface area contributed by atoms with E-state index in [-0.39, 0.29) is 22.1 Å². The zero-order chi connectivity index (χ0) is 22.7. The molecule has 0 spiro atoms. The first-order chi connectivity index (χ1) is 15.4. The molecule has 0 atom stereocenters. The number of piperazine rings is 1.